The molecule has 1 unspecified atom stereocenters. The molecule has 2 aromatic rings. The van der Waals surface area contributed by atoms with E-state index in [1.807, 2.05) is 37.3 Å². The zero-order chi connectivity index (χ0) is 15.1. The van der Waals surface area contributed by atoms with Crippen molar-refractivity contribution in [1.29, 1.82) is 0 Å². The van der Waals surface area contributed by atoms with E-state index in [1.165, 1.54) is 18.2 Å². The van der Waals surface area contributed by atoms with Gasteiger partial charge >= 0.3 is 0 Å². The first kappa shape index (κ1) is 15.4. The summed E-state index contributed by atoms with van der Waals surface area (Å²) in [6, 6.07) is 13.2. The second-order valence-corrected chi connectivity index (χ2v) is 4.78. The number of para-hydroxylation sites is 1. The predicted molar refractivity (Wildman–Crippen MR) is 79.5 cm³/mol. The number of likely N-dealkylation sites (N-methyl/N-ethyl adjacent to an activating group) is 1. The number of hydrogen-bond acceptors (Lipinski definition) is 2. The first-order chi connectivity index (χ1) is 10.2. The third kappa shape index (κ3) is 4.53. The summed E-state index contributed by atoms with van der Waals surface area (Å²) in [5.74, 6) is -0.287. The highest BCUT2D eigenvalue weighted by Gasteiger charge is 2.15. The van der Waals surface area contributed by atoms with Gasteiger partial charge in [-0.25, -0.2) is 8.78 Å². The molecular formula is C17H19F2NO. The summed E-state index contributed by atoms with van der Waals surface area (Å²) >= 11 is 0. The maximum atomic E-state index is 13.7. The Kier molecular flexibility index (Phi) is 5.69. The lowest BCUT2D eigenvalue weighted by Gasteiger charge is -2.19. The molecule has 1 N–H and O–H groups in total. The Morgan fingerprint density at radius 3 is 2.29 bits per heavy atom. The van der Waals surface area contributed by atoms with E-state index in [0.29, 0.717) is 13.2 Å². The molecule has 0 saturated carbocycles. The van der Waals surface area contributed by atoms with Crippen molar-refractivity contribution in [2.24, 2.45) is 0 Å². The van der Waals surface area contributed by atoms with Gasteiger partial charge in [-0.15, -0.1) is 0 Å². The smallest absolute Gasteiger partial charge is 0.129 e. The molecule has 1 atom stereocenters. The molecule has 0 radical (unpaired) electrons. The lowest BCUT2D eigenvalue weighted by atomic mass is 10.1. The highest BCUT2D eigenvalue weighted by molar-refractivity contribution is 5.22. The van der Waals surface area contributed by atoms with Crippen LogP contribution in [0.25, 0.3) is 0 Å². The van der Waals surface area contributed by atoms with Gasteiger partial charge in [0.15, 0.2) is 0 Å². The lowest BCUT2D eigenvalue weighted by molar-refractivity contribution is 0.263. The van der Waals surface area contributed by atoms with E-state index in [9.17, 15) is 8.78 Å². The Labute approximate surface area is 123 Å². The molecule has 4 heteroatoms. The SMILES string of the molecule is CCNC(COc1ccccc1)Cc1c(F)cccc1F. The molecule has 2 aromatic carbocycles. The molecule has 0 spiro atoms. The van der Waals surface area contributed by atoms with E-state index in [0.717, 1.165) is 5.75 Å². The summed E-state index contributed by atoms with van der Waals surface area (Å²) < 4.78 is 33.1. The minimum Gasteiger partial charge on any atom is -0.492 e. The van der Waals surface area contributed by atoms with Gasteiger partial charge in [-0.2, -0.15) is 0 Å². The highest BCUT2D eigenvalue weighted by Crippen LogP contribution is 2.15. The summed E-state index contributed by atoms with van der Waals surface area (Å²) in [5.41, 5.74) is 0.0973. The first-order valence-electron chi connectivity index (χ1n) is 7.04. The molecule has 0 bridgehead atoms. The second-order valence-electron chi connectivity index (χ2n) is 4.78. The predicted octanol–water partition coefficient (Wildman–Crippen LogP) is 3.56. The van der Waals surface area contributed by atoms with Crippen molar-refractivity contribution < 1.29 is 13.5 Å². The summed E-state index contributed by atoms with van der Waals surface area (Å²) in [5, 5.41) is 3.20. The van der Waals surface area contributed by atoms with Crippen LogP contribution in [0.1, 0.15) is 12.5 Å². The summed E-state index contributed by atoms with van der Waals surface area (Å²) in [6.07, 6.45) is 0.249. The average molecular weight is 291 g/mol. The fraction of sp³-hybridized carbons (Fsp3) is 0.294. The number of ether oxygens (including phenoxy) is 1. The molecule has 0 aromatic heterocycles. The van der Waals surface area contributed by atoms with Crippen molar-refractivity contribution in [2.45, 2.75) is 19.4 Å². The topological polar surface area (TPSA) is 21.3 Å². The summed E-state index contributed by atoms with van der Waals surface area (Å²) in [7, 11) is 0. The number of rotatable bonds is 7. The molecule has 0 aliphatic carbocycles. The van der Waals surface area contributed by atoms with Gasteiger partial charge in [0.05, 0.1) is 0 Å². The number of benzene rings is 2. The minimum absolute atomic E-state index is 0.0973. The zero-order valence-corrected chi connectivity index (χ0v) is 12.0. The monoisotopic (exact) mass is 291 g/mol. The van der Waals surface area contributed by atoms with Gasteiger partial charge in [0.25, 0.3) is 0 Å². The van der Waals surface area contributed by atoms with Crippen LogP contribution in [-0.2, 0) is 6.42 Å². The molecule has 2 nitrogen and oxygen atoms in total. The summed E-state index contributed by atoms with van der Waals surface area (Å²) in [4.78, 5) is 0. The van der Waals surface area contributed by atoms with Gasteiger partial charge in [0.2, 0.25) is 0 Å². The molecule has 0 aliphatic rings. The van der Waals surface area contributed by atoms with Crippen molar-refractivity contribution in [3.63, 3.8) is 0 Å². The molecule has 0 fully saturated rings. The summed E-state index contributed by atoms with van der Waals surface area (Å²) in [6.45, 7) is 3.01. The first-order valence-corrected chi connectivity index (χ1v) is 7.04. The van der Waals surface area contributed by atoms with Crippen LogP contribution >= 0.6 is 0 Å². The van der Waals surface area contributed by atoms with Crippen LogP contribution in [0.3, 0.4) is 0 Å². The molecule has 112 valence electrons. The Morgan fingerprint density at radius 1 is 1.00 bits per heavy atom. The third-order valence-electron chi connectivity index (χ3n) is 3.20. The maximum Gasteiger partial charge on any atom is 0.129 e. The normalized spacial score (nSPS) is 12.1. The van der Waals surface area contributed by atoms with Crippen LogP contribution < -0.4 is 10.1 Å². The second kappa shape index (κ2) is 7.74. The van der Waals surface area contributed by atoms with Crippen molar-refractivity contribution >= 4 is 0 Å². The highest BCUT2D eigenvalue weighted by atomic mass is 19.1. The van der Waals surface area contributed by atoms with Crippen molar-refractivity contribution in [3.8, 4) is 5.75 Å². The van der Waals surface area contributed by atoms with E-state index in [1.54, 1.807) is 0 Å². The third-order valence-corrected chi connectivity index (χ3v) is 3.20. The van der Waals surface area contributed by atoms with E-state index < -0.39 is 11.6 Å². The van der Waals surface area contributed by atoms with Gasteiger partial charge in [-0.3, -0.25) is 0 Å². The fourth-order valence-electron chi connectivity index (χ4n) is 2.17. The Bertz CT molecular complexity index is 540. The molecule has 21 heavy (non-hydrogen) atoms. The van der Waals surface area contributed by atoms with Gasteiger partial charge in [-0.1, -0.05) is 31.2 Å². The van der Waals surface area contributed by atoms with Crippen LogP contribution in [0.15, 0.2) is 48.5 Å². The van der Waals surface area contributed by atoms with E-state index in [4.69, 9.17) is 4.74 Å². The molecule has 2 rings (SSSR count). The maximum absolute atomic E-state index is 13.7. The van der Waals surface area contributed by atoms with Crippen molar-refractivity contribution in [2.75, 3.05) is 13.2 Å². The van der Waals surface area contributed by atoms with Crippen LogP contribution in [0.4, 0.5) is 8.78 Å². The number of hydrogen-bond donors (Lipinski definition) is 1. The average Bonchev–Trinajstić information content (AvgIpc) is 2.49. The molecule has 0 amide bonds. The van der Waals surface area contributed by atoms with Gasteiger partial charge in [0, 0.05) is 11.6 Å². The van der Waals surface area contributed by atoms with Crippen molar-refractivity contribution in [3.05, 3.63) is 65.7 Å². The lowest BCUT2D eigenvalue weighted by Crippen LogP contribution is -2.37. The van der Waals surface area contributed by atoms with E-state index in [-0.39, 0.29) is 18.0 Å². The number of halogens is 2. The van der Waals surface area contributed by atoms with Gasteiger partial charge in [0.1, 0.15) is 24.0 Å². The van der Waals surface area contributed by atoms with Crippen LogP contribution in [0.5, 0.6) is 5.75 Å². The van der Waals surface area contributed by atoms with Crippen LogP contribution in [-0.4, -0.2) is 19.2 Å². The standard InChI is InChI=1S/C17H19F2NO/c1-2-20-13(12-21-14-7-4-3-5-8-14)11-15-16(18)9-6-10-17(15)19/h3-10,13,20H,2,11-12H2,1H3. The molecular weight excluding hydrogens is 272 g/mol. The van der Waals surface area contributed by atoms with E-state index >= 15 is 0 Å². The Balaban J connectivity index is 2.02. The zero-order valence-electron chi connectivity index (χ0n) is 12.0. The van der Waals surface area contributed by atoms with E-state index in [2.05, 4.69) is 5.32 Å². The quantitative estimate of drug-likeness (QED) is 0.842. The van der Waals surface area contributed by atoms with Crippen molar-refractivity contribution in [1.82, 2.24) is 5.32 Å². The van der Waals surface area contributed by atoms with Crippen LogP contribution in [0.2, 0.25) is 0 Å². The van der Waals surface area contributed by atoms with Crippen LogP contribution in [0, 0.1) is 11.6 Å². The Morgan fingerprint density at radius 2 is 1.67 bits per heavy atom. The Hall–Kier alpha value is -1.94. The van der Waals surface area contributed by atoms with Gasteiger partial charge in [-0.05, 0) is 37.2 Å². The largest absolute Gasteiger partial charge is 0.492 e. The minimum atomic E-state index is -0.516. The van der Waals surface area contributed by atoms with Gasteiger partial charge < -0.3 is 10.1 Å². The molecule has 0 heterocycles. The number of nitrogens with one attached hydrogen (secondary N) is 1. The fourth-order valence-corrected chi connectivity index (χ4v) is 2.17. The molecule has 0 aliphatic heterocycles. The molecule has 0 saturated heterocycles.